The molecule has 0 aliphatic heterocycles. The Labute approximate surface area is 186 Å². The van der Waals surface area contributed by atoms with Crippen LogP contribution < -0.4 is 5.73 Å². The van der Waals surface area contributed by atoms with Crippen molar-refractivity contribution in [1.82, 2.24) is 20.2 Å². The molecule has 1 fully saturated rings. The molecule has 162 valence electrons. The number of carbonyl (C=O) groups excluding carboxylic acids is 1. The molecule has 7 nitrogen and oxygen atoms in total. The standard InChI is InChI=1S/C25H25N5O2/c1-15-3-2-4-23(29-15)24-21(14-28-30-24)16-5-10-22-20(13-16)19(11-12-27-22)25(31)32-18-8-6-17(26)7-9-18/h2-5,10-14,17-18H,6-9,26H2,1H3,(H,28,30)/t17-,18+. The van der Waals surface area contributed by atoms with E-state index in [-0.39, 0.29) is 18.1 Å². The molecular weight excluding hydrogens is 402 g/mol. The Bertz CT molecular complexity index is 1270. The Morgan fingerprint density at radius 3 is 2.78 bits per heavy atom. The van der Waals surface area contributed by atoms with E-state index in [0.717, 1.165) is 64.8 Å². The molecule has 32 heavy (non-hydrogen) atoms. The summed E-state index contributed by atoms with van der Waals surface area (Å²) in [5, 5.41) is 8.06. The number of benzene rings is 1. The van der Waals surface area contributed by atoms with Gasteiger partial charge in [-0.05, 0) is 68.5 Å². The van der Waals surface area contributed by atoms with Crippen LogP contribution in [0.3, 0.4) is 0 Å². The summed E-state index contributed by atoms with van der Waals surface area (Å²) in [5.41, 5.74) is 11.7. The van der Waals surface area contributed by atoms with Crippen molar-refractivity contribution in [3.8, 4) is 22.5 Å². The third kappa shape index (κ3) is 3.99. The fraction of sp³-hybridized carbons (Fsp3) is 0.280. The van der Waals surface area contributed by atoms with Gasteiger partial charge in [0.2, 0.25) is 0 Å². The fourth-order valence-corrected chi connectivity index (χ4v) is 4.30. The fourth-order valence-electron chi connectivity index (χ4n) is 4.30. The van der Waals surface area contributed by atoms with Crippen molar-refractivity contribution >= 4 is 16.9 Å². The van der Waals surface area contributed by atoms with Crippen LogP contribution in [0.2, 0.25) is 0 Å². The summed E-state index contributed by atoms with van der Waals surface area (Å²) in [6.07, 6.45) is 6.73. The maximum Gasteiger partial charge on any atom is 0.339 e. The predicted molar refractivity (Wildman–Crippen MR) is 123 cm³/mol. The molecule has 3 N–H and O–H groups in total. The summed E-state index contributed by atoms with van der Waals surface area (Å²) in [7, 11) is 0. The Hall–Kier alpha value is -3.58. The van der Waals surface area contributed by atoms with Gasteiger partial charge < -0.3 is 10.5 Å². The number of hydrogen-bond acceptors (Lipinski definition) is 6. The van der Waals surface area contributed by atoms with Crippen LogP contribution in [0.15, 0.2) is 54.9 Å². The number of nitrogens with zero attached hydrogens (tertiary/aromatic N) is 3. The summed E-state index contributed by atoms with van der Waals surface area (Å²) in [6, 6.07) is 13.7. The zero-order valence-corrected chi connectivity index (χ0v) is 17.9. The van der Waals surface area contributed by atoms with Crippen LogP contribution in [-0.4, -0.2) is 38.3 Å². The van der Waals surface area contributed by atoms with Crippen LogP contribution in [0.25, 0.3) is 33.4 Å². The highest BCUT2D eigenvalue weighted by atomic mass is 16.5. The van der Waals surface area contributed by atoms with Crippen molar-refractivity contribution in [3.63, 3.8) is 0 Å². The van der Waals surface area contributed by atoms with Gasteiger partial charge in [-0.3, -0.25) is 15.1 Å². The third-order valence-corrected chi connectivity index (χ3v) is 6.05. The largest absolute Gasteiger partial charge is 0.459 e. The number of aryl methyl sites for hydroxylation is 1. The van der Waals surface area contributed by atoms with E-state index in [2.05, 4.69) is 20.2 Å². The lowest BCUT2D eigenvalue weighted by molar-refractivity contribution is 0.0199. The number of esters is 1. The van der Waals surface area contributed by atoms with Crippen molar-refractivity contribution in [1.29, 1.82) is 0 Å². The van der Waals surface area contributed by atoms with Crippen molar-refractivity contribution < 1.29 is 9.53 Å². The van der Waals surface area contributed by atoms with Crippen LogP contribution in [-0.2, 0) is 4.74 Å². The molecule has 4 aromatic rings. The van der Waals surface area contributed by atoms with Crippen LogP contribution in [0.5, 0.6) is 0 Å². The highest BCUT2D eigenvalue weighted by Crippen LogP contribution is 2.32. The van der Waals surface area contributed by atoms with Gasteiger partial charge in [0.05, 0.1) is 28.7 Å². The first-order valence-electron chi connectivity index (χ1n) is 10.9. The summed E-state index contributed by atoms with van der Waals surface area (Å²) in [5.74, 6) is -0.317. The molecule has 3 heterocycles. The average Bonchev–Trinajstić information content (AvgIpc) is 3.30. The molecule has 0 radical (unpaired) electrons. The number of rotatable bonds is 4. The lowest BCUT2D eigenvalue weighted by Crippen LogP contribution is -2.31. The number of H-pyrrole nitrogens is 1. The number of aromatic nitrogens is 4. The molecule has 1 aromatic carbocycles. The number of pyridine rings is 2. The summed E-state index contributed by atoms with van der Waals surface area (Å²) in [6.45, 7) is 1.96. The Morgan fingerprint density at radius 2 is 1.97 bits per heavy atom. The first-order valence-corrected chi connectivity index (χ1v) is 10.9. The van der Waals surface area contributed by atoms with E-state index >= 15 is 0 Å². The molecule has 0 unspecified atom stereocenters. The topological polar surface area (TPSA) is 107 Å². The highest BCUT2D eigenvalue weighted by Gasteiger charge is 2.23. The molecule has 0 bridgehead atoms. The highest BCUT2D eigenvalue weighted by molar-refractivity contribution is 6.04. The number of hydrogen-bond donors (Lipinski definition) is 2. The average molecular weight is 428 g/mol. The van der Waals surface area contributed by atoms with Gasteiger partial charge >= 0.3 is 5.97 Å². The number of nitrogens with two attached hydrogens (primary N) is 1. The second kappa shape index (κ2) is 8.51. The van der Waals surface area contributed by atoms with Crippen LogP contribution in [0.1, 0.15) is 41.7 Å². The van der Waals surface area contributed by atoms with Gasteiger partial charge in [0.1, 0.15) is 6.10 Å². The quantitative estimate of drug-likeness (QED) is 0.467. The van der Waals surface area contributed by atoms with Gasteiger partial charge in [0, 0.05) is 28.9 Å². The summed E-state index contributed by atoms with van der Waals surface area (Å²) in [4.78, 5) is 22.1. The van der Waals surface area contributed by atoms with Crippen LogP contribution >= 0.6 is 0 Å². The molecule has 1 saturated carbocycles. The van der Waals surface area contributed by atoms with E-state index < -0.39 is 0 Å². The maximum absolute atomic E-state index is 13.0. The van der Waals surface area contributed by atoms with Gasteiger partial charge in [0.15, 0.2) is 0 Å². The summed E-state index contributed by atoms with van der Waals surface area (Å²) >= 11 is 0. The minimum absolute atomic E-state index is 0.0819. The van der Waals surface area contributed by atoms with E-state index in [9.17, 15) is 4.79 Å². The number of aromatic amines is 1. The first-order chi connectivity index (χ1) is 15.6. The van der Waals surface area contributed by atoms with Gasteiger partial charge in [0.25, 0.3) is 0 Å². The third-order valence-electron chi connectivity index (χ3n) is 6.05. The Morgan fingerprint density at radius 1 is 1.12 bits per heavy atom. The van der Waals surface area contributed by atoms with E-state index in [1.54, 1.807) is 18.5 Å². The first kappa shape index (κ1) is 20.3. The predicted octanol–water partition coefficient (Wildman–Crippen LogP) is 4.42. The van der Waals surface area contributed by atoms with Crippen molar-refractivity contribution in [2.45, 2.75) is 44.8 Å². The number of nitrogens with one attached hydrogen (secondary N) is 1. The normalized spacial score (nSPS) is 18.6. The van der Waals surface area contributed by atoms with E-state index in [0.29, 0.717) is 5.56 Å². The molecule has 5 rings (SSSR count). The van der Waals surface area contributed by atoms with E-state index in [1.165, 1.54) is 0 Å². The lowest BCUT2D eigenvalue weighted by Gasteiger charge is -2.26. The zero-order chi connectivity index (χ0) is 22.1. The molecule has 0 atom stereocenters. The van der Waals surface area contributed by atoms with Gasteiger partial charge in [-0.15, -0.1) is 0 Å². The van der Waals surface area contributed by atoms with Crippen LogP contribution in [0, 0.1) is 6.92 Å². The SMILES string of the molecule is Cc1cccc(-c2[nH]ncc2-c2ccc3nccc(C(=O)O[C@H]4CC[C@@H](N)CC4)c3c2)n1. The van der Waals surface area contributed by atoms with Gasteiger partial charge in [-0.2, -0.15) is 5.10 Å². The second-order valence-corrected chi connectivity index (χ2v) is 8.36. The minimum Gasteiger partial charge on any atom is -0.459 e. The zero-order valence-electron chi connectivity index (χ0n) is 17.9. The maximum atomic E-state index is 13.0. The number of carbonyl (C=O) groups is 1. The van der Waals surface area contributed by atoms with E-state index in [1.807, 2.05) is 43.3 Å². The van der Waals surface area contributed by atoms with Gasteiger partial charge in [-0.1, -0.05) is 12.1 Å². The Kier molecular flexibility index (Phi) is 5.41. The second-order valence-electron chi connectivity index (χ2n) is 8.36. The Balaban J connectivity index is 1.50. The number of fused-ring (bicyclic) bond motifs is 1. The van der Waals surface area contributed by atoms with E-state index in [4.69, 9.17) is 10.5 Å². The number of ether oxygens (including phenoxy) is 1. The lowest BCUT2D eigenvalue weighted by atomic mass is 9.93. The minimum atomic E-state index is -0.317. The molecule has 1 aliphatic rings. The molecule has 7 heteroatoms. The molecule has 1 aliphatic carbocycles. The van der Waals surface area contributed by atoms with Crippen LogP contribution in [0.4, 0.5) is 0 Å². The molecule has 0 spiro atoms. The van der Waals surface area contributed by atoms with Gasteiger partial charge in [-0.25, -0.2) is 4.79 Å². The molecular formula is C25H25N5O2. The molecule has 0 saturated heterocycles. The summed E-state index contributed by atoms with van der Waals surface area (Å²) < 4.78 is 5.82. The molecule has 3 aromatic heterocycles. The van der Waals surface area contributed by atoms with Crippen molar-refractivity contribution in [2.75, 3.05) is 0 Å². The molecule has 0 amide bonds. The van der Waals surface area contributed by atoms with Crippen molar-refractivity contribution in [2.24, 2.45) is 5.73 Å². The monoisotopic (exact) mass is 427 g/mol. The van der Waals surface area contributed by atoms with Crippen molar-refractivity contribution in [3.05, 3.63) is 66.1 Å². The smallest absolute Gasteiger partial charge is 0.339 e.